The summed E-state index contributed by atoms with van der Waals surface area (Å²) < 4.78 is 5.13. The first-order valence-corrected chi connectivity index (χ1v) is 8.45. The van der Waals surface area contributed by atoms with E-state index >= 15 is 0 Å². The van der Waals surface area contributed by atoms with Crippen LogP contribution in [0.5, 0.6) is 0 Å². The Morgan fingerprint density at radius 3 is 3.00 bits per heavy atom. The summed E-state index contributed by atoms with van der Waals surface area (Å²) in [5, 5.41) is 2.89. The molecule has 0 saturated heterocycles. The molecule has 1 heterocycles. The van der Waals surface area contributed by atoms with Crippen LogP contribution in [0.15, 0.2) is 22.5 Å². The topological polar surface area (TPSA) is 80.9 Å². The third-order valence-electron chi connectivity index (χ3n) is 2.86. The predicted octanol–water partition coefficient (Wildman–Crippen LogP) is 3.11. The summed E-state index contributed by atoms with van der Waals surface area (Å²) in [4.78, 5) is 16.3. The smallest absolute Gasteiger partial charge is 0.225 e. The van der Waals surface area contributed by atoms with Gasteiger partial charge < -0.3 is 11.1 Å². The molecule has 5 nitrogen and oxygen atoms in total. The highest BCUT2D eigenvalue weighted by molar-refractivity contribution is 8.00. The second-order valence-electron chi connectivity index (χ2n) is 4.55. The summed E-state index contributed by atoms with van der Waals surface area (Å²) in [6.07, 6.45) is 1.27. The van der Waals surface area contributed by atoms with Crippen molar-refractivity contribution in [1.29, 1.82) is 0 Å². The first kappa shape index (κ1) is 15.8. The highest BCUT2D eigenvalue weighted by atomic mass is 32.2. The van der Waals surface area contributed by atoms with Crippen LogP contribution in [0.4, 0.5) is 11.4 Å². The van der Waals surface area contributed by atoms with E-state index in [9.17, 15) is 4.79 Å². The lowest BCUT2D eigenvalue weighted by atomic mass is 10.2. The van der Waals surface area contributed by atoms with Crippen molar-refractivity contribution in [3.63, 3.8) is 0 Å². The number of hydrogen-bond acceptors (Lipinski definition) is 6. The third-order valence-corrected chi connectivity index (χ3v) is 4.73. The second kappa shape index (κ2) is 7.42. The van der Waals surface area contributed by atoms with Crippen LogP contribution < -0.4 is 11.1 Å². The number of nitrogens with two attached hydrogens (primary N) is 1. The highest BCUT2D eigenvalue weighted by Gasteiger charge is 2.07. The van der Waals surface area contributed by atoms with Gasteiger partial charge in [0.05, 0.1) is 0 Å². The van der Waals surface area contributed by atoms with Crippen molar-refractivity contribution in [2.24, 2.45) is 0 Å². The molecule has 3 N–H and O–H groups in total. The summed E-state index contributed by atoms with van der Waals surface area (Å²) in [6.45, 7) is 3.97. The van der Waals surface area contributed by atoms with Crippen LogP contribution in [0.25, 0.3) is 0 Å². The molecule has 0 fully saturated rings. The van der Waals surface area contributed by atoms with E-state index in [1.165, 1.54) is 11.5 Å². The Bertz CT molecular complexity index is 627. The van der Waals surface area contributed by atoms with Gasteiger partial charge in [0.25, 0.3) is 0 Å². The molecule has 1 aromatic carbocycles. The number of nitrogens with one attached hydrogen (secondary N) is 1. The number of aromatic nitrogens is 2. The van der Waals surface area contributed by atoms with E-state index in [1.54, 1.807) is 17.8 Å². The summed E-state index contributed by atoms with van der Waals surface area (Å²) in [6, 6.07) is 5.49. The quantitative estimate of drug-likeness (QED) is 0.631. The third kappa shape index (κ3) is 4.71. The van der Waals surface area contributed by atoms with Crippen molar-refractivity contribution in [3.05, 3.63) is 29.6 Å². The van der Waals surface area contributed by atoms with Crippen molar-refractivity contribution in [3.8, 4) is 0 Å². The molecule has 0 bridgehead atoms. The van der Waals surface area contributed by atoms with Crippen LogP contribution in [0.1, 0.15) is 24.7 Å². The maximum absolute atomic E-state index is 11.9. The van der Waals surface area contributed by atoms with Crippen LogP contribution in [0.2, 0.25) is 0 Å². The van der Waals surface area contributed by atoms with Crippen LogP contribution >= 0.6 is 23.3 Å². The van der Waals surface area contributed by atoms with Gasteiger partial charge in [-0.2, -0.15) is 4.37 Å². The Labute approximate surface area is 132 Å². The number of benzene rings is 1. The fourth-order valence-electron chi connectivity index (χ4n) is 1.66. The molecule has 0 aliphatic carbocycles. The molecular weight excluding hydrogens is 304 g/mol. The summed E-state index contributed by atoms with van der Waals surface area (Å²) in [5.74, 6) is 1.53. The average molecular weight is 322 g/mol. The fourth-order valence-corrected chi connectivity index (χ4v) is 3.36. The predicted molar refractivity (Wildman–Crippen MR) is 88.8 cm³/mol. The molecule has 2 aromatic rings. The number of aryl methyl sites for hydroxylation is 2. The van der Waals surface area contributed by atoms with Crippen LogP contribution in [-0.4, -0.2) is 21.0 Å². The molecule has 2 rings (SSSR count). The van der Waals surface area contributed by atoms with Crippen molar-refractivity contribution < 1.29 is 4.79 Å². The lowest BCUT2D eigenvalue weighted by Crippen LogP contribution is -2.13. The van der Waals surface area contributed by atoms with E-state index < -0.39 is 0 Å². The van der Waals surface area contributed by atoms with Crippen molar-refractivity contribution in [1.82, 2.24) is 9.36 Å². The Hall–Kier alpha value is -1.60. The zero-order valence-corrected chi connectivity index (χ0v) is 13.7. The molecule has 1 amide bonds. The van der Waals surface area contributed by atoms with Gasteiger partial charge in [0.2, 0.25) is 5.91 Å². The summed E-state index contributed by atoms with van der Waals surface area (Å²) >= 11 is 2.95. The molecule has 21 heavy (non-hydrogen) atoms. The van der Waals surface area contributed by atoms with Gasteiger partial charge >= 0.3 is 0 Å². The molecule has 0 saturated carbocycles. The van der Waals surface area contributed by atoms with E-state index in [4.69, 9.17) is 5.73 Å². The standard InChI is InChI=1S/C14H18N4OS2/c1-3-12-17-14(21-18-12)20-7-6-13(19)16-11-8-10(15)5-4-9(11)2/h4-5,8H,3,6-7,15H2,1-2H3,(H,16,19). The molecule has 0 aliphatic rings. The van der Waals surface area contributed by atoms with Gasteiger partial charge in [0, 0.05) is 30.0 Å². The van der Waals surface area contributed by atoms with Gasteiger partial charge in [-0.05, 0) is 36.2 Å². The van der Waals surface area contributed by atoms with E-state index in [0.717, 1.165) is 27.8 Å². The number of carbonyl (C=O) groups is 1. The first-order valence-electron chi connectivity index (χ1n) is 6.70. The molecule has 0 radical (unpaired) electrons. The van der Waals surface area contributed by atoms with Crippen molar-refractivity contribution in [2.45, 2.75) is 31.0 Å². The lowest BCUT2D eigenvalue weighted by Gasteiger charge is -2.08. The van der Waals surface area contributed by atoms with Gasteiger partial charge in [-0.1, -0.05) is 24.8 Å². The molecule has 7 heteroatoms. The van der Waals surface area contributed by atoms with Crippen molar-refractivity contribution >= 4 is 40.6 Å². The number of carbonyl (C=O) groups excluding carboxylic acids is 1. The molecule has 1 aromatic heterocycles. The van der Waals surface area contributed by atoms with Gasteiger partial charge in [0.1, 0.15) is 5.82 Å². The van der Waals surface area contributed by atoms with E-state index in [0.29, 0.717) is 17.9 Å². The van der Waals surface area contributed by atoms with E-state index in [1.807, 2.05) is 26.0 Å². The van der Waals surface area contributed by atoms with Crippen LogP contribution in [-0.2, 0) is 11.2 Å². The molecule has 0 atom stereocenters. The maximum Gasteiger partial charge on any atom is 0.225 e. The Morgan fingerprint density at radius 2 is 2.29 bits per heavy atom. The lowest BCUT2D eigenvalue weighted by molar-refractivity contribution is -0.115. The highest BCUT2D eigenvalue weighted by Crippen LogP contribution is 2.22. The van der Waals surface area contributed by atoms with E-state index in [2.05, 4.69) is 14.7 Å². The second-order valence-corrected chi connectivity index (χ2v) is 6.64. The molecule has 0 unspecified atom stereocenters. The number of hydrogen-bond donors (Lipinski definition) is 2. The molecule has 0 spiro atoms. The Balaban J connectivity index is 1.80. The number of amides is 1. The van der Waals surface area contributed by atoms with Crippen molar-refractivity contribution in [2.75, 3.05) is 16.8 Å². The monoisotopic (exact) mass is 322 g/mol. The summed E-state index contributed by atoms with van der Waals surface area (Å²) in [7, 11) is 0. The van der Waals surface area contributed by atoms with Gasteiger partial charge in [-0.3, -0.25) is 4.79 Å². The average Bonchev–Trinajstić information content (AvgIpc) is 2.91. The number of rotatable bonds is 6. The minimum Gasteiger partial charge on any atom is -0.399 e. The Kier molecular flexibility index (Phi) is 5.58. The molecule has 0 aliphatic heterocycles. The number of nitrogen functional groups attached to an aromatic ring is 1. The minimum atomic E-state index is -0.0172. The van der Waals surface area contributed by atoms with E-state index in [-0.39, 0.29) is 5.91 Å². The number of nitrogens with zero attached hydrogens (tertiary/aromatic N) is 2. The van der Waals surface area contributed by atoms with Crippen LogP contribution in [0, 0.1) is 6.92 Å². The maximum atomic E-state index is 11.9. The number of thioether (sulfide) groups is 1. The first-order chi connectivity index (χ1) is 10.1. The summed E-state index contributed by atoms with van der Waals surface area (Å²) in [5.41, 5.74) is 8.14. The van der Waals surface area contributed by atoms with Gasteiger partial charge in [-0.25, -0.2) is 4.98 Å². The largest absolute Gasteiger partial charge is 0.399 e. The van der Waals surface area contributed by atoms with Gasteiger partial charge in [-0.15, -0.1) is 0 Å². The molecular formula is C14H18N4OS2. The minimum absolute atomic E-state index is 0.0172. The van der Waals surface area contributed by atoms with Crippen LogP contribution in [0.3, 0.4) is 0 Å². The Morgan fingerprint density at radius 1 is 1.48 bits per heavy atom. The van der Waals surface area contributed by atoms with Gasteiger partial charge in [0.15, 0.2) is 4.34 Å². The number of anilines is 2. The molecule has 112 valence electrons. The SMILES string of the molecule is CCc1nsc(SCCC(=O)Nc2cc(N)ccc2C)n1. The zero-order valence-electron chi connectivity index (χ0n) is 12.0. The normalized spacial score (nSPS) is 10.6. The fraction of sp³-hybridized carbons (Fsp3) is 0.357. The zero-order chi connectivity index (χ0) is 15.2.